The van der Waals surface area contributed by atoms with Crippen molar-refractivity contribution in [3.05, 3.63) is 52.7 Å². The minimum atomic E-state index is -0.603. The fourth-order valence-electron chi connectivity index (χ4n) is 2.20. The summed E-state index contributed by atoms with van der Waals surface area (Å²) in [6.45, 7) is 4.05. The van der Waals surface area contributed by atoms with E-state index >= 15 is 0 Å². The van der Waals surface area contributed by atoms with Crippen molar-refractivity contribution in [2.75, 3.05) is 11.9 Å². The standard InChI is InChI=1S/C16H15ClFN5S/c1-16(2,13-10(17)4-3-5-11(13)18)9-22-15(24)23-14-12(8-19)20-6-7-21-14/h3-7H,9H2,1-2H3,(H2,21,22,23,24). The van der Waals surface area contributed by atoms with Crippen molar-refractivity contribution >= 4 is 34.7 Å². The van der Waals surface area contributed by atoms with Gasteiger partial charge in [-0.25, -0.2) is 14.4 Å². The van der Waals surface area contributed by atoms with Gasteiger partial charge in [-0.1, -0.05) is 31.5 Å². The van der Waals surface area contributed by atoms with E-state index in [0.717, 1.165) is 0 Å². The second-order valence-corrected chi connectivity index (χ2v) is 6.47. The first-order valence-electron chi connectivity index (χ1n) is 7.05. The fourth-order valence-corrected chi connectivity index (χ4v) is 2.78. The van der Waals surface area contributed by atoms with E-state index in [1.54, 1.807) is 12.1 Å². The molecule has 0 aliphatic carbocycles. The van der Waals surface area contributed by atoms with E-state index in [1.165, 1.54) is 18.5 Å². The maximum absolute atomic E-state index is 14.1. The fraction of sp³-hybridized carbons (Fsp3) is 0.250. The van der Waals surface area contributed by atoms with Gasteiger partial charge in [-0.2, -0.15) is 5.26 Å². The molecule has 5 nitrogen and oxygen atoms in total. The summed E-state index contributed by atoms with van der Waals surface area (Å²) in [6, 6.07) is 6.51. The molecule has 2 aromatic rings. The van der Waals surface area contributed by atoms with Crippen molar-refractivity contribution in [1.82, 2.24) is 15.3 Å². The summed E-state index contributed by atoms with van der Waals surface area (Å²) in [6.07, 6.45) is 2.87. The summed E-state index contributed by atoms with van der Waals surface area (Å²) in [4.78, 5) is 7.90. The molecule has 124 valence electrons. The Hall–Kier alpha value is -2.30. The lowest BCUT2D eigenvalue weighted by molar-refractivity contribution is 0.477. The number of halogens is 2. The zero-order valence-electron chi connectivity index (χ0n) is 13.1. The van der Waals surface area contributed by atoms with Gasteiger partial charge in [-0.15, -0.1) is 0 Å². The molecule has 2 rings (SSSR count). The summed E-state index contributed by atoms with van der Waals surface area (Å²) in [5, 5.41) is 15.4. The molecule has 8 heteroatoms. The molecular formula is C16H15ClFN5S. The van der Waals surface area contributed by atoms with Gasteiger partial charge >= 0.3 is 0 Å². The van der Waals surface area contributed by atoms with Crippen molar-refractivity contribution in [2.45, 2.75) is 19.3 Å². The van der Waals surface area contributed by atoms with Crippen molar-refractivity contribution in [3.63, 3.8) is 0 Å². The number of nitrogens with zero attached hydrogens (tertiary/aromatic N) is 3. The minimum Gasteiger partial charge on any atom is -0.362 e. The van der Waals surface area contributed by atoms with Crippen LogP contribution < -0.4 is 10.6 Å². The van der Waals surface area contributed by atoms with Crippen LogP contribution in [0.1, 0.15) is 25.1 Å². The number of hydrogen-bond acceptors (Lipinski definition) is 4. The lowest BCUT2D eigenvalue weighted by atomic mass is 9.84. The quantitative estimate of drug-likeness (QED) is 0.811. The van der Waals surface area contributed by atoms with Crippen LogP contribution in [0, 0.1) is 17.1 Å². The van der Waals surface area contributed by atoms with Gasteiger partial charge in [-0.05, 0) is 24.4 Å². The van der Waals surface area contributed by atoms with E-state index in [0.29, 0.717) is 17.1 Å². The van der Waals surface area contributed by atoms with Crippen molar-refractivity contribution in [3.8, 4) is 6.07 Å². The molecule has 1 heterocycles. The van der Waals surface area contributed by atoms with E-state index in [-0.39, 0.29) is 22.4 Å². The van der Waals surface area contributed by atoms with Crippen LogP contribution in [-0.4, -0.2) is 21.6 Å². The van der Waals surface area contributed by atoms with Gasteiger partial charge in [0, 0.05) is 34.9 Å². The molecule has 2 N–H and O–H groups in total. The Balaban J connectivity index is 2.07. The molecule has 0 aliphatic heterocycles. The summed E-state index contributed by atoms with van der Waals surface area (Å²) < 4.78 is 14.1. The van der Waals surface area contributed by atoms with Crippen LogP contribution in [0.25, 0.3) is 0 Å². The van der Waals surface area contributed by atoms with Crippen LogP contribution >= 0.6 is 23.8 Å². The van der Waals surface area contributed by atoms with Crippen molar-refractivity contribution in [1.29, 1.82) is 5.26 Å². The molecule has 0 aliphatic rings. The third-order valence-electron chi connectivity index (χ3n) is 3.37. The molecule has 0 saturated heterocycles. The summed E-state index contributed by atoms with van der Waals surface area (Å²) in [5.41, 5.74) is -0.0496. The minimum absolute atomic E-state index is 0.137. The number of nitrogens with one attached hydrogen (secondary N) is 2. The molecule has 0 fully saturated rings. The topological polar surface area (TPSA) is 73.6 Å². The lowest BCUT2D eigenvalue weighted by Crippen LogP contribution is -2.39. The molecule has 0 atom stereocenters. The molecule has 1 aromatic heterocycles. The van der Waals surface area contributed by atoms with Crippen molar-refractivity contribution < 1.29 is 4.39 Å². The number of aromatic nitrogens is 2. The van der Waals surface area contributed by atoms with Crippen LogP contribution in [0.3, 0.4) is 0 Å². The Morgan fingerprint density at radius 3 is 2.75 bits per heavy atom. The second-order valence-electron chi connectivity index (χ2n) is 5.65. The monoisotopic (exact) mass is 363 g/mol. The van der Waals surface area contributed by atoms with E-state index in [2.05, 4.69) is 20.6 Å². The average Bonchev–Trinajstić information content (AvgIpc) is 2.53. The molecule has 0 amide bonds. The Morgan fingerprint density at radius 1 is 1.38 bits per heavy atom. The maximum Gasteiger partial charge on any atom is 0.183 e. The van der Waals surface area contributed by atoms with E-state index in [9.17, 15) is 4.39 Å². The van der Waals surface area contributed by atoms with Crippen LogP contribution in [0.15, 0.2) is 30.6 Å². The highest BCUT2D eigenvalue weighted by Crippen LogP contribution is 2.31. The molecule has 0 unspecified atom stereocenters. The zero-order chi connectivity index (χ0) is 17.7. The highest BCUT2D eigenvalue weighted by Gasteiger charge is 2.27. The number of benzene rings is 1. The predicted molar refractivity (Wildman–Crippen MR) is 95.4 cm³/mol. The van der Waals surface area contributed by atoms with Crippen LogP contribution in [0.4, 0.5) is 10.2 Å². The molecule has 0 radical (unpaired) electrons. The predicted octanol–water partition coefficient (Wildman–Crippen LogP) is 3.40. The number of anilines is 1. The summed E-state index contributed by atoms with van der Waals surface area (Å²) in [5.74, 6) is -0.104. The number of rotatable bonds is 4. The van der Waals surface area contributed by atoms with Gasteiger partial charge in [0.25, 0.3) is 0 Å². The number of thiocarbonyl (C=S) groups is 1. The summed E-state index contributed by atoms with van der Waals surface area (Å²) in [7, 11) is 0. The Labute approximate surface area is 149 Å². The zero-order valence-corrected chi connectivity index (χ0v) is 14.7. The maximum atomic E-state index is 14.1. The first-order chi connectivity index (χ1) is 11.3. The highest BCUT2D eigenvalue weighted by atomic mass is 35.5. The van der Waals surface area contributed by atoms with E-state index < -0.39 is 5.41 Å². The Bertz CT molecular complexity index is 783. The SMILES string of the molecule is CC(C)(CNC(=S)Nc1nccnc1C#N)c1c(F)cccc1Cl. The van der Waals surface area contributed by atoms with Gasteiger partial charge in [0.2, 0.25) is 0 Å². The van der Waals surface area contributed by atoms with Gasteiger partial charge in [-0.3, -0.25) is 0 Å². The lowest BCUT2D eigenvalue weighted by Gasteiger charge is -2.27. The van der Waals surface area contributed by atoms with Gasteiger partial charge < -0.3 is 10.6 Å². The smallest absolute Gasteiger partial charge is 0.183 e. The third-order valence-corrected chi connectivity index (χ3v) is 3.93. The summed E-state index contributed by atoms with van der Waals surface area (Å²) >= 11 is 11.3. The molecule has 24 heavy (non-hydrogen) atoms. The van der Waals surface area contributed by atoms with Crippen LogP contribution in [0.2, 0.25) is 5.02 Å². The van der Waals surface area contributed by atoms with Crippen LogP contribution in [-0.2, 0) is 5.41 Å². The number of nitriles is 1. The molecular weight excluding hydrogens is 349 g/mol. The largest absolute Gasteiger partial charge is 0.362 e. The average molecular weight is 364 g/mol. The second kappa shape index (κ2) is 7.51. The number of hydrogen-bond donors (Lipinski definition) is 2. The molecule has 0 saturated carbocycles. The Kier molecular flexibility index (Phi) is 5.65. The van der Waals surface area contributed by atoms with E-state index in [4.69, 9.17) is 29.1 Å². The molecule has 0 bridgehead atoms. The normalized spacial score (nSPS) is 10.8. The Morgan fingerprint density at radius 2 is 2.08 bits per heavy atom. The van der Waals surface area contributed by atoms with Gasteiger partial charge in [0.15, 0.2) is 16.6 Å². The molecule has 1 aromatic carbocycles. The molecule has 0 spiro atoms. The van der Waals surface area contributed by atoms with Gasteiger partial charge in [0.1, 0.15) is 11.9 Å². The third kappa shape index (κ3) is 4.16. The first kappa shape index (κ1) is 18.0. The van der Waals surface area contributed by atoms with Gasteiger partial charge in [0.05, 0.1) is 0 Å². The van der Waals surface area contributed by atoms with E-state index in [1.807, 2.05) is 19.9 Å². The first-order valence-corrected chi connectivity index (χ1v) is 7.84. The highest BCUT2D eigenvalue weighted by molar-refractivity contribution is 7.80. The van der Waals surface area contributed by atoms with Crippen LogP contribution in [0.5, 0.6) is 0 Å². The van der Waals surface area contributed by atoms with Crippen molar-refractivity contribution in [2.24, 2.45) is 0 Å².